The molecule has 0 bridgehead atoms. The van der Waals surface area contributed by atoms with Crippen molar-refractivity contribution in [1.29, 1.82) is 0 Å². The Labute approximate surface area is 234 Å². The van der Waals surface area contributed by atoms with Crippen molar-refractivity contribution in [2.45, 2.75) is 66.2 Å². The summed E-state index contributed by atoms with van der Waals surface area (Å²) in [6.45, 7) is 9.01. The molecule has 194 valence electrons. The molecule has 3 aliphatic carbocycles. The molecule has 0 heteroatoms. The van der Waals surface area contributed by atoms with Gasteiger partial charge in [0, 0.05) is 5.41 Å². The zero-order chi connectivity index (χ0) is 26.7. The number of rotatable bonds is 4. The van der Waals surface area contributed by atoms with E-state index in [-0.39, 0.29) is 5.41 Å². The molecular weight excluding hydrogens is 468 g/mol. The van der Waals surface area contributed by atoms with Gasteiger partial charge in [-0.05, 0) is 120 Å². The summed E-state index contributed by atoms with van der Waals surface area (Å²) in [6, 6.07) is 27.4. The van der Waals surface area contributed by atoms with Crippen LogP contribution in [0.3, 0.4) is 0 Å². The van der Waals surface area contributed by atoms with Gasteiger partial charge in [-0.15, -0.1) is 0 Å². The molecule has 0 heterocycles. The molecule has 0 saturated heterocycles. The van der Waals surface area contributed by atoms with Crippen molar-refractivity contribution in [2.24, 2.45) is 5.41 Å². The summed E-state index contributed by atoms with van der Waals surface area (Å²) in [5.41, 5.74) is 20.5. The lowest BCUT2D eigenvalue weighted by Gasteiger charge is -2.33. The topological polar surface area (TPSA) is 0 Å². The zero-order valence-corrected chi connectivity index (χ0v) is 23.8. The third kappa shape index (κ3) is 3.80. The maximum absolute atomic E-state index is 2.60. The van der Waals surface area contributed by atoms with E-state index in [1.165, 1.54) is 92.4 Å². The van der Waals surface area contributed by atoms with Crippen LogP contribution in [0.5, 0.6) is 0 Å². The van der Waals surface area contributed by atoms with E-state index in [9.17, 15) is 0 Å². The summed E-state index contributed by atoms with van der Waals surface area (Å²) in [7, 11) is 0. The molecule has 0 unspecified atom stereocenters. The predicted molar refractivity (Wildman–Crippen MR) is 167 cm³/mol. The van der Waals surface area contributed by atoms with Crippen LogP contribution in [0.4, 0.5) is 0 Å². The Morgan fingerprint density at radius 1 is 0.487 bits per heavy atom. The van der Waals surface area contributed by atoms with E-state index in [4.69, 9.17) is 0 Å². The molecule has 39 heavy (non-hydrogen) atoms. The van der Waals surface area contributed by atoms with Crippen LogP contribution in [-0.2, 0) is 12.8 Å². The van der Waals surface area contributed by atoms with Crippen molar-refractivity contribution in [3.8, 4) is 22.3 Å². The Bertz CT molecular complexity index is 1560. The quantitative estimate of drug-likeness (QED) is 0.258. The van der Waals surface area contributed by atoms with Crippen LogP contribution in [0.25, 0.3) is 34.4 Å². The molecule has 7 rings (SSSR count). The van der Waals surface area contributed by atoms with Crippen LogP contribution < -0.4 is 0 Å². The van der Waals surface area contributed by atoms with Gasteiger partial charge in [0.1, 0.15) is 0 Å². The van der Waals surface area contributed by atoms with E-state index in [0.29, 0.717) is 0 Å². The first kappa shape index (κ1) is 24.4. The highest BCUT2D eigenvalue weighted by atomic mass is 14.5. The lowest BCUT2D eigenvalue weighted by atomic mass is 9.71. The van der Waals surface area contributed by atoms with Gasteiger partial charge >= 0.3 is 0 Å². The third-order valence-electron chi connectivity index (χ3n) is 10.3. The van der Waals surface area contributed by atoms with E-state index in [1.807, 2.05) is 0 Å². The summed E-state index contributed by atoms with van der Waals surface area (Å²) in [5.74, 6) is 0. The summed E-state index contributed by atoms with van der Waals surface area (Å²) in [5, 5.41) is 0. The second-order valence-corrected chi connectivity index (χ2v) is 12.2. The first-order chi connectivity index (χ1) is 19.0. The molecule has 1 saturated carbocycles. The van der Waals surface area contributed by atoms with Crippen LogP contribution in [-0.4, -0.2) is 0 Å². The van der Waals surface area contributed by atoms with Gasteiger partial charge in [0.25, 0.3) is 0 Å². The molecule has 4 aromatic rings. The van der Waals surface area contributed by atoms with Gasteiger partial charge in [-0.25, -0.2) is 0 Å². The van der Waals surface area contributed by atoms with E-state index < -0.39 is 0 Å². The van der Waals surface area contributed by atoms with Gasteiger partial charge in [0.2, 0.25) is 0 Å². The van der Waals surface area contributed by atoms with Crippen LogP contribution in [0.15, 0.2) is 83.9 Å². The molecule has 0 nitrogen and oxygen atoms in total. The Hall–Kier alpha value is -3.64. The molecule has 0 aliphatic heterocycles. The van der Waals surface area contributed by atoms with Crippen LogP contribution in [0.1, 0.15) is 70.2 Å². The number of hydrogen-bond acceptors (Lipinski definition) is 0. The van der Waals surface area contributed by atoms with E-state index >= 15 is 0 Å². The van der Waals surface area contributed by atoms with Crippen molar-refractivity contribution in [1.82, 2.24) is 0 Å². The maximum atomic E-state index is 2.60. The predicted octanol–water partition coefficient (Wildman–Crippen LogP) is 10.4. The van der Waals surface area contributed by atoms with Crippen molar-refractivity contribution in [2.75, 3.05) is 0 Å². The molecular formula is C39H38. The SMILES string of the molecule is Cc1cccc(-c2cccc3c2C=C(C2(C4=Cc5c(cccc5-c5cccc(C)c5C)C4)CCCC2)C3)c1C. The van der Waals surface area contributed by atoms with Gasteiger partial charge in [-0.1, -0.05) is 109 Å². The lowest BCUT2D eigenvalue weighted by molar-refractivity contribution is 0.437. The maximum Gasteiger partial charge on any atom is 0.0134 e. The number of hydrogen-bond donors (Lipinski definition) is 0. The Morgan fingerprint density at radius 3 is 1.36 bits per heavy atom. The van der Waals surface area contributed by atoms with E-state index in [0.717, 1.165) is 12.8 Å². The fourth-order valence-electron chi connectivity index (χ4n) is 7.73. The molecule has 0 spiro atoms. The van der Waals surface area contributed by atoms with Gasteiger partial charge in [0.15, 0.2) is 0 Å². The van der Waals surface area contributed by atoms with Crippen LogP contribution in [0.2, 0.25) is 0 Å². The smallest absolute Gasteiger partial charge is 0.0134 e. The molecule has 0 aromatic heterocycles. The second-order valence-electron chi connectivity index (χ2n) is 12.2. The zero-order valence-electron chi connectivity index (χ0n) is 23.8. The molecule has 0 atom stereocenters. The number of allylic oxidation sites excluding steroid dienone is 2. The Kier molecular flexibility index (Phi) is 5.78. The van der Waals surface area contributed by atoms with Crippen LogP contribution in [0, 0.1) is 33.1 Å². The largest absolute Gasteiger partial charge is 0.0614 e. The highest BCUT2D eigenvalue weighted by Crippen LogP contribution is 2.57. The summed E-state index contributed by atoms with van der Waals surface area (Å²) >= 11 is 0. The molecule has 0 N–H and O–H groups in total. The van der Waals surface area contributed by atoms with E-state index in [2.05, 4.69) is 113 Å². The monoisotopic (exact) mass is 506 g/mol. The Morgan fingerprint density at radius 2 is 0.897 bits per heavy atom. The normalized spacial score (nSPS) is 17.1. The van der Waals surface area contributed by atoms with Crippen LogP contribution >= 0.6 is 0 Å². The van der Waals surface area contributed by atoms with Gasteiger partial charge in [-0.2, -0.15) is 0 Å². The molecule has 0 radical (unpaired) electrons. The fourth-order valence-corrected chi connectivity index (χ4v) is 7.73. The summed E-state index contributed by atoms with van der Waals surface area (Å²) < 4.78 is 0. The standard InChI is InChI=1S/C39H38/c1-25-11-7-15-33(27(25)3)35-17-9-13-29-21-31(23-37(29)35)39(19-5-6-20-39)32-22-30-14-10-18-36(38(30)24-32)34-16-8-12-26(2)28(34)4/h7-18,23-24H,5-6,19-22H2,1-4H3. The third-order valence-corrected chi connectivity index (χ3v) is 10.3. The highest BCUT2D eigenvalue weighted by molar-refractivity contribution is 5.86. The Balaban J connectivity index is 1.33. The minimum Gasteiger partial charge on any atom is -0.0614 e. The number of aryl methyl sites for hydroxylation is 2. The molecule has 3 aliphatic rings. The minimum atomic E-state index is 0.190. The van der Waals surface area contributed by atoms with Gasteiger partial charge in [0.05, 0.1) is 0 Å². The highest BCUT2D eigenvalue weighted by Gasteiger charge is 2.43. The molecule has 0 amide bonds. The van der Waals surface area contributed by atoms with Crippen molar-refractivity contribution < 1.29 is 0 Å². The van der Waals surface area contributed by atoms with E-state index in [1.54, 1.807) is 11.1 Å². The molecule has 1 fully saturated rings. The second kappa shape index (κ2) is 9.23. The lowest BCUT2D eigenvalue weighted by Crippen LogP contribution is -2.22. The minimum absolute atomic E-state index is 0.190. The first-order valence-corrected chi connectivity index (χ1v) is 14.8. The first-order valence-electron chi connectivity index (χ1n) is 14.8. The average molecular weight is 507 g/mol. The van der Waals surface area contributed by atoms with Crippen molar-refractivity contribution >= 4 is 12.2 Å². The fraction of sp³-hybridized carbons (Fsp3) is 0.282. The van der Waals surface area contributed by atoms with Crippen molar-refractivity contribution in [3.05, 3.63) is 128 Å². The summed E-state index contributed by atoms with van der Waals surface area (Å²) in [4.78, 5) is 0. The van der Waals surface area contributed by atoms with Gasteiger partial charge < -0.3 is 0 Å². The number of benzene rings is 4. The molecule has 4 aromatic carbocycles. The van der Waals surface area contributed by atoms with Crippen molar-refractivity contribution in [3.63, 3.8) is 0 Å². The summed E-state index contributed by atoms with van der Waals surface area (Å²) in [6.07, 6.45) is 12.6. The average Bonchev–Trinajstić information content (AvgIpc) is 3.70. The van der Waals surface area contributed by atoms with Gasteiger partial charge in [-0.3, -0.25) is 0 Å². The number of fused-ring (bicyclic) bond motifs is 2.